The fourth-order valence-electron chi connectivity index (χ4n) is 5.33. The number of hydrogen-bond donors (Lipinski definition) is 2. The summed E-state index contributed by atoms with van der Waals surface area (Å²) in [5.74, 6) is 2.10. The number of piperazine rings is 1. The highest BCUT2D eigenvalue weighted by Crippen LogP contribution is 2.31. The number of aromatic nitrogens is 2. The molecule has 1 aliphatic heterocycles. The monoisotopic (exact) mass is 522 g/mol. The van der Waals surface area contributed by atoms with E-state index in [0.29, 0.717) is 23.4 Å². The third kappa shape index (κ3) is 7.18. The van der Waals surface area contributed by atoms with Crippen LogP contribution in [-0.4, -0.2) is 65.6 Å². The van der Waals surface area contributed by atoms with E-state index in [4.69, 9.17) is 16.6 Å². The Balaban J connectivity index is 1.17. The van der Waals surface area contributed by atoms with Gasteiger partial charge in [0.2, 0.25) is 0 Å². The van der Waals surface area contributed by atoms with Crippen molar-refractivity contribution in [3.63, 3.8) is 0 Å². The van der Waals surface area contributed by atoms with Gasteiger partial charge in [0.15, 0.2) is 0 Å². The molecule has 0 atom stereocenters. The maximum Gasteiger partial charge on any atom is 0.126 e. The number of anilines is 2. The molecule has 0 spiro atoms. The molecule has 0 amide bonds. The van der Waals surface area contributed by atoms with Gasteiger partial charge in [0.25, 0.3) is 0 Å². The van der Waals surface area contributed by atoms with Crippen molar-refractivity contribution in [3.05, 3.63) is 71.1 Å². The summed E-state index contributed by atoms with van der Waals surface area (Å²) in [5, 5.41) is 7.49. The SMILES string of the molecule is CN1CCN(C[C@H]2CC[C@H](Nc3cc(-c4cccc(NCc5cccc(F)c5)n4)c(Cl)cn3)CC2)CC1. The molecule has 1 aromatic carbocycles. The van der Waals surface area contributed by atoms with Gasteiger partial charge in [-0.15, -0.1) is 0 Å². The van der Waals surface area contributed by atoms with E-state index >= 15 is 0 Å². The van der Waals surface area contributed by atoms with Crippen molar-refractivity contribution in [2.24, 2.45) is 5.92 Å². The molecule has 8 heteroatoms. The summed E-state index contributed by atoms with van der Waals surface area (Å²) >= 11 is 6.54. The van der Waals surface area contributed by atoms with E-state index < -0.39 is 0 Å². The summed E-state index contributed by atoms with van der Waals surface area (Å²) in [5.41, 5.74) is 2.48. The lowest BCUT2D eigenvalue weighted by Gasteiger charge is -2.37. The van der Waals surface area contributed by atoms with Crippen molar-refractivity contribution in [3.8, 4) is 11.3 Å². The first-order chi connectivity index (χ1) is 18.0. The first-order valence-electron chi connectivity index (χ1n) is 13.3. The van der Waals surface area contributed by atoms with Crippen molar-refractivity contribution < 1.29 is 4.39 Å². The number of hydrogen-bond acceptors (Lipinski definition) is 6. The molecule has 0 radical (unpaired) electrons. The number of likely N-dealkylation sites (N-methyl/N-ethyl adjacent to an activating group) is 1. The molecule has 6 nitrogen and oxygen atoms in total. The summed E-state index contributed by atoms with van der Waals surface area (Å²) in [7, 11) is 2.21. The fourth-order valence-corrected chi connectivity index (χ4v) is 5.53. The van der Waals surface area contributed by atoms with E-state index in [0.717, 1.165) is 41.4 Å². The summed E-state index contributed by atoms with van der Waals surface area (Å²) in [4.78, 5) is 14.4. The molecule has 0 bridgehead atoms. The second-order valence-corrected chi connectivity index (χ2v) is 10.8. The molecule has 2 N–H and O–H groups in total. The summed E-state index contributed by atoms with van der Waals surface area (Å²) in [6.45, 7) is 6.48. The molecule has 1 saturated heterocycles. The molecule has 1 aliphatic carbocycles. The van der Waals surface area contributed by atoms with Crippen molar-refractivity contribution in [1.29, 1.82) is 0 Å². The maximum absolute atomic E-state index is 13.5. The molecule has 37 heavy (non-hydrogen) atoms. The van der Waals surface area contributed by atoms with Gasteiger partial charge in [-0.2, -0.15) is 0 Å². The Morgan fingerprint density at radius 1 is 0.973 bits per heavy atom. The molecular weight excluding hydrogens is 487 g/mol. The van der Waals surface area contributed by atoms with Crippen LogP contribution in [0.4, 0.5) is 16.0 Å². The van der Waals surface area contributed by atoms with E-state index in [-0.39, 0.29) is 5.82 Å². The molecule has 3 aromatic rings. The van der Waals surface area contributed by atoms with Crippen LogP contribution in [0.3, 0.4) is 0 Å². The van der Waals surface area contributed by atoms with Gasteiger partial charge in [0.1, 0.15) is 17.5 Å². The van der Waals surface area contributed by atoms with E-state index in [1.165, 1.54) is 57.7 Å². The molecule has 5 rings (SSSR count). The zero-order chi connectivity index (χ0) is 25.6. The fraction of sp³-hybridized carbons (Fsp3) is 0.448. The Kier molecular flexibility index (Phi) is 8.54. The summed E-state index contributed by atoms with van der Waals surface area (Å²) in [6, 6.07) is 14.8. The average Bonchev–Trinajstić information content (AvgIpc) is 2.91. The van der Waals surface area contributed by atoms with Crippen molar-refractivity contribution in [2.45, 2.75) is 38.3 Å². The predicted octanol–water partition coefficient (Wildman–Crippen LogP) is 5.77. The second kappa shape index (κ2) is 12.2. The third-order valence-corrected chi connectivity index (χ3v) is 7.86. The molecule has 196 valence electrons. The van der Waals surface area contributed by atoms with Gasteiger partial charge >= 0.3 is 0 Å². The van der Waals surface area contributed by atoms with Crippen LogP contribution in [0.15, 0.2) is 54.7 Å². The highest BCUT2D eigenvalue weighted by Gasteiger charge is 2.24. The van der Waals surface area contributed by atoms with Crippen molar-refractivity contribution in [1.82, 2.24) is 19.8 Å². The van der Waals surface area contributed by atoms with Crippen LogP contribution in [-0.2, 0) is 6.54 Å². The summed E-state index contributed by atoms with van der Waals surface area (Å²) in [6.07, 6.45) is 6.54. The Morgan fingerprint density at radius 2 is 1.76 bits per heavy atom. The first kappa shape index (κ1) is 25.9. The summed E-state index contributed by atoms with van der Waals surface area (Å²) < 4.78 is 13.5. The maximum atomic E-state index is 13.5. The van der Waals surface area contributed by atoms with E-state index in [1.807, 2.05) is 30.3 Å². The standard InChI is InChI=1S/C29H36ClFN6/c1-36-12-14-37(15-13-36)20-21-8-10-24(11-9-21)34-29-17-25(26(30)19-33-29)27-6-3-7-28(35-27)32-18-22-4-2-5-23(31)16-22/h2-7,16-17,19,21,24H,8-15,18,20H2,1H3,(H,32,35)(H,33,34)/t21-,24-. The van der Waals surface area contributed by atoms with Gasteiger partial charge < -0.3 is 20.4 Å². The van der Waals surface area contributed by atoms with Gasteiger partial charge in [0, 0.05) is 57.1 Å². The first-order valence-corrected chi connectivity index (χ1v) is 13.7. The zero-order valence-electron chi connectivity index (χ0n) is 21.5. The van der Waals surface area contributed by atoms with Crippen LogP contribution in [0, 0.1) is 11.7 Å². The zero-order valence-corrected chi connectivity index (χ0v) is 22.2. The van der Waals surface area contributed by atoms with Gasteiger partial charge in [-0.05, 0) is 74.5 Å². The van der Waals surface area contributed by atoms with Gasteiger partial charge in [-0.3, -0.25) is 0 Å². The van der Waals surface area contributed by atoms with Gasteiger partial charge in [0.05, 0.1) is 10.7 Å². The lowest BCUT2D eigenvalue weighted by molar-refractivity contribution is 0.124. The Bertz CT molecular complexity index is 1170. The normalized spacial score (nSPS) is 21.1. The molecule has 0 unspecified atom stereocenters. The molecule has 3 heterocycles. The van der Waals surface area contributed by atoms with Crippen LogP contribution in [0.1, 0.15) is 31.2 Å². The van der Waals surface area contributed by atoms with Crippen molar-refractivity contribution >= 4 is 23.2 Å². The van der Waals surface area contributed by atoms with Crippen molar-refractivity contribution in [2.75, 3.05) is 50.4 Å². The second-order valence-electron chi connectivity index (χ2n) is 10.4. The quantitative estimate of drug-likeness (QED) is 0.392. The lowest BCUT2D eigenvalue weighted by atomic mass is 9.85. The lowest BCUT2D eigenvalue weighted by Crippen LogP contribution is -2.46. The van der Waals surface area contributed by atoms with Crippen LogP contribution >= 0.6 is 11.6 Å². The average molecular weight is 523 g/mol. The smallest absolute Gasteiger partial charge is 0.126 e. The van der Waals surface area contributed by atoms with Crippen LogP contribution in [0.25, 0.3) is 11.3 Å². The van der Waals surface area contributed by atoms with E-state index in [9.17, 15) is 4.39 Å². The Hall–Kier alpha value is -2.74. The topological polar surface area (TPSA) is 56.3 Å². The number of nitrogens with one attached hydrogen (secondary N) is 2. The molecule has 1 saturated carbocycles. The number of rotatable bonds is 8. The largest absolute Gasteiger partial charge is 0.367 e. The molecule has 2 aliphatic rings. The molecule has 2 fully saturated rings. The number of pyridine rings is 2. The number of benzene rings is 1. The third-order valence-electron chi connectivity index (χ3n) is 7.55. The molecular formula is C29H36ClFN6. The molecule has 2 aromatic heterocycles. The Labute approximate surface area is 224 Å². The van der Waals surface area contributed by atoms with Gasteiger partial charge in [-0.25, -0.2) is 14.4 Å². The predicted molar refractivity (Wildman–Crippen MR) is 150 cm³/mol. The highest BCUT2D eigenvalue weighted by molar-refractivity contribution is 6.33. The minimum absolute atomic E-state index is 0.242. The van der Waals surface area contributed by atoms with Gasteiger partial charge in [-0.1, -0.05) is 29.8 Å². The number of nitrogens with zero attached hydrogens (tertiary/aromatic N) is 4. The Morgan fingerprint density at radius 3 is 2.54 bits per heavy atom. The highest BCUT2D eigenvalue weighted by atomic mass is 35.5. The minimum Gasteiger partial charge on any atom is -0.367 e. The number of halogens is 2. The van der Waals surface area contributed by atoms with Crippen LogP contribution in [0.5, 0.6) is 0 Å². The van der Waals surface area contributed by atoms with E-state index in [1.54, 1.807) is 12.3 Å². The minimum atomic E-state index is -0.242. The van der Waals surface area contributed by atoms with Crippen LogP contribution < -0.4 is 10.6 Å². The van der Waals surface area contributed by atoms with E-state index in [2.05, 4.69) is 32.5 Å². The van der Waals surface area contributed by atoms with Crippen LogP contribution in [0.2, 0.25) is 5.02 Å².